The van der Waals surface area contributed by atoms with E-state index in [0.717, 1.165) is 11.3 Å². The number of hydrogen-bond donors (Lipinski definition) is 1. The molecule has 2 nitrogen and oxygen atoms in total. The van der Waals surface area contributed by atoms with E-state index < -0.39 is 6.61 Å². The van der Waals surface area contributed by atoms with Crippen molar-refractivity contribution in [1.82, 2.24) is 5.32 Å². The highest BCUT2D eigenvalue weighted by molar-refractivity contribution is 7.99. The smallest absolute Gasteiger partial charge is 0.387 e. The molecule has 1 aliphatic rings. The van der Waals surface area contributed by atoms with Crippen LogP contribution in [0.15, 0.2) is 24.3 Å². The lowest BCUT2D eigenvalue weighted by molar-refractivity contribution is -0.0505. The molecular weight excluding hydrogens is 232 g/mol. The highest BCUT2D eigenvalue weighted by Crippen LogP contribution is 2.37. The van der Waals surface area contributed by atoms with Crippen LogP contribution in [0.2, 0.25) is 0 Å². The summed E-state index contributed by atoms with van der Waals surface area (Å²) >= 11 is 1.71. The van der Waals surface area contributed by atoms with Crippen molar-refractivity contribution in [3.8, 4) is 5.75 Å². The predicted octanol–water partition coefficient (Wildman–Crippen LogP) is 3.01. The second kappa shape index (κ2) is 5.01. The second-order valence-corrected chi connectivity index (χ2v) is 4.84. The van der Waals surface area contributed by atoms with Gasteiger partial charge in [0.25, 0.3) is 0 Å². The quantitative estimate of drug-likeness (QED) is 0.884. The predicted molar refractivity (Wildman–Crippen MR) is 60.9 cm³/mol. The number of nitrogens with one attached hydrogen (secondary N) is 1. The molecule has 0 aliphatic carbocycles. The number of benzene rings is 1. The van der Waals surface area contributed by atoms with E-state index in [0.29, 0.717) is 6.04 Å². The summed E-state index contributed by atoms with van der Waals surface area (Å²) in [7, 11) is 0. The summed E-state index contributed by atoms with van der Waals surface area (Å²) in [6.07, 6.45) is 0. The third-order valence-electron chi connectivity index (χ3n) is 2.37. The first-order valence-electron chi connectivity index (χ1n) is 5.08. The van der Waals surface area contributed by atoms with Gasteiger partial charge in [-0.1, -0.05) is 18.2 Å². The lowest BCUT2D eigenvalue weighted by atomic mass is 10.2. The summed E-state index contributed by atoms with van der Waals surface area (Å²) in [5.41, 5.74) is 0.789. The fraction of sp³-hybridized carbons (Fsp3) is 0.455. The summed E-state index contributed by atoms with van der Waals surface area (Å²) in [5, 5.41) is 3.37. The van der Waals surface area contributed by atoms with Gasteiger partial charge in [0.1, 0.15) is 5.75 Å². The Hall–Kier alpha value is -0.810. The van der Waals surface area contributed by atoms with Crippen molar-refractivity contribution in [1.29, 1.82) is 0 Å². The summed E-state index contributed by atoms with van der Waals surface area (Å²) in [6.45, 7) is -0.700. The lowest BCUT2D eigenvalue weighted by Gasteiger charge is -2.15. The van der Waals surface area contributed by atoms with Crippen molar-refractivity contribution in [2.75, 3.05) is 5.75 Å². The summed E-state index contributed by atoms with van der Waals surface area (Å²) in [6, 6.07) is 7.32. The molecule has 1 aliphatic heterocycles. The van der Waals surface area contributed by atoms with E-state index in [1.54, 1.807) is 23.9 Å². The van der Waals surface area contributed by atoms with Crippen LogP contribution in [0.4, 0.5) is 8.78 Å². The number of hydrogen-bond acceptors (Lipinski definition) is 3. The molecule has 1 aromatic carbocycles. The van der Waals surface area contributed by atoms with Crippen molar-refractivity contribution in [2.24, 2.45) is 0 Å². The molecule has 16 heavy (non-hydrogen) atoms. The maximum Gasteiger partial charge on any atom is 0.387 e. The molecule has 1 heterocycles. The molecule has 0 amide bonds. The maximum absolute atomic E-state index is 12.2. The molecule has 1 N–H and O–H groups in total. The SMILES string of the molecule is CC1CSC(c2ccccc2OC(F)F)N1. The Bertz CT molecular complexity index is 362. The van der Waals surface area contributed by atoms with Gasteiger partial charge in [0, 0.05) is 17.4 Å². The van der Waals surface area contributed by atoms with Crippen LogP contribution in [-0.2, 0) is 0 Å². The second-order valence-electron chi connectivity index (χ2n) is 3.70. The molecule has 0 aromatic heterocycles. The van der Waals surface area contributed by atoms with Crippen molar-refractivity contribution >= 4 is 11.8 Å². The van der Waals surface area contributed by atoms with Gasteiger partial charge in [0.05, 0.1) is 5.37 Å². The molecule has 1 fully saturated rings. The fourth-order valence-electron chi connectivity index (χ4n) is 1.68. The van der Waals surface area contributed by atoms with Gasteiger partial charge in [0.15, 0.2) is 0 Å². The first-order chi connectivity index (χ1) is 7.66. The molecular formula is C11H13F2NOS. The van der Waals surface area contributed by atoms with Gasteiger partial charge in [-0.15, -0.1) is 11.8 Å². The van der Waals surface area contributed by atoms with E-state index in [2.05, 4.69) is 17.0 Å². The monoisotopic (exact) mass is 245 g/mol. The minimum atomic E-state index is -2.77. The molecule has 88 valence electrons. The normalized spacial score (nSPS) is 25.0. The van der Waals surface area contributed by atoms with Crippen LogP contribution in [0.3, 0.4) is 0 Å². The van der Waals surface area contributed by atoms with Crippen molar-refractivity contribution < 1.29 is 13.5 Å². The largest absolute Gasteiger partial charge is 0.434 e. The van der Waals surface area contributed by atoms with Crippen LogP contribution >= 0.6 is 11.8 Å². The molecule has 0 bridgehead atoms. The summed E-state index contributed by atoms with van der Waals surface area (Å²) in [5.74, 6) is 1.24. The standard InChI is InChI=1S/C11H13F2NOS/c1-7-6-16-10(14-7)8-4-2-3-5-9(8)15-11(12)13/h2-5,7,10-11,14H,6H2,1H3. The van der Waals surface area contributed by atoms with Gasteiger partial charge in [-0.3, -0.25) is 5.32 Å². The minimum Gasteiger partial charge on any atom is -0.434 e. The van der Waals surface area contributed by atoms with Crippen molar-refractivity contribution in [3.63, 3.8) is 0 Å². The van der Waals surface area contributed by atoms with E-state index in [1.165, 1.54) is 0 Å². The summed E-state index contributed by atoms with van der Waals surface area (Å²) in [4.78, 5) is 0. The van der Waals surface area contributed by atoms with Crippen LogP contribution in [0, 0.1) is 0 Å². The van der Waals surface area contributed by atoms with Gasteiger partial charge in [0.2, 0.25) is 0 Å². The van der Waals surface area contributed by atoms with E-state index in [4.69, 9.17) is 0 Å². The lowest BCUT2D eigenvalue weighted by Crippen LogP contribution is -2.22. The Labute approximate surface area is 97.4 Å². The Morgan fingerprint density at radius 2 is 2.19 bits per heavy atom. The molecule has 0 saturated carbocycles. The number of thioether (sulfide) groups is 1. The van der Waals surface area contributed by atoms with Gasteiger partial charge >= 0.3 is 6.61 Å². The van der Waals surface area contributed by atoms with Crippen molar-refractivity contribution in [3.05, 3.63) is 29.8 Å². The van der Waals surface area contributed by atoms with Gasteiger partial charge in [-0.2, -0.15) is 8.78 Å². The van der Waals surface area contributed by atoms with E-state index >= 15 is 0 Å². The van der Waals surface area contributed by atoms with Gasteiger partial charge in [-0.25, -0.2) is 0 Å². The number of ether oxygens (including phenoxy) is 1. The highest BCUT2D eigenvalue weighted by Gasteiger charge is 2.25. The zero-order valence-corrected chi connectivity index (χ0v) is 9.64. The van der Waals surface area contributed by atoms with E-state index in [-0.39, 0.29) is 11.1 Å². The molecule has 5 heteroatoms. The Morgan fingerprint density at radius 1 is 1.44 bits per heavy atom. The van der Waals surface area contributed by atoms with Gasteiger partial charge in [-0.05, 0) is 13.0 Å². The number of rotatable bonds is 3. The molecule has 1 saturated heterocycles. The topological polar surface area (TPSA) is 21.3 Å². The Morgan fingerprint density at radius 3 is 2.81 bits per heavy atom. The average molecular weight is 245 g/mol. The van der Waals surface area contributed by atoms with E-state index in [1.807, 2.05) is 12.1 Å². The molecule has 0 spiro atoms. The minimum absolute atomic E-state index is 0.0462. The van der Waals surface area contributed by atoms with Crippen LogP contribution in [0.1, 0.15) is 17.9 Å². The zero-order valence-electron chi connectivity index (χ0n) is 8.82. The molecule has 2 rings (SSSR count). The summed E-state index contributed by atoms with van der Waals surface area (Å²) < 4.78 is 28.9. The molecule has 1 aromatic rings. The third-order valence-corrected chi connectivity index (χ3v) is 3.78. The van der Waals surface area contributed by atoms with Crippen LogP contribution in [0.25, 0.3) is 0 Å². The maximum atomic E-state index is 12.2. The Kier molecular flexibility index (Phi) is 3.66. The Balaban J connectivity index is 2.19. The number of para-hydroxylation sites is 1. The average Bonchev–Trinajstić information content (AvgIpc) is 2.65. The van der Waals surface area contributed by atoms with Crippen LogP contribution < -0.4 is 10.1 Å². The van der Waals surface area contributed by atoms with Crippen LogP contribution in [-0.4, -0.2) is 18.4 Å². The molecule has 2 unspecified atom stereocenters. The van der Waals surface area contributed by atoms with E-state index in [9.17, 15) is 8.78 Å². The van der Waals surface area contributed by atoms with Crippen LogP contribution in [0.5, 0.6) is 5.75 Å². The number of alkyl halides is 2. The fourth-order valence-corrected chi connectivity index (χ4v) is 2.96. The molecule has 2 atom stereocenters. The first-order valence-corrected chi connectivity index (χ1v) is 6.13. The highest BCUT2D eigenvalue weighted by atomic mass is 32.2. The number of halogens is 2. The first kappa shape index (κ1) is 11.7. The molecule has 0 radical (unpaired) electrons. The van der Waals surface area contributed by atoms with Gasteiger partial charge < -0.3 is 4.74 Å². The zero-order chi connectivity index (χ0) is 11.5. The van der Waals surface area contributed by atoms with Crippen molar-refractivity contribution in [2.45, 2.75) is 25.0 Å². The third kappa shape index (κ3) is 2.65.